The minimum absolute atomic E-state index is 0.121. The van der Waals surface area contributed by atoms with Gasteiger partial charge >= 0.3 is 0 Å². The molecule has 2 aromatic carbocycles. The summed E-state index contributed by atoms with van der Waals surface area (Å²) in [4.78, 5) is 12.9. The van der Waals surface area contributed by atoms with Gasteiger partial charge in [-0.2, -0.15) is 4.31 Å². The highest BCUT2D eigenvalue weighted by Crippen LogP contribution is 2.33. The van der Waals surface area contributed by atoms with Crippen LogP contribution in [0.1, 0.15) is 12.8 Å². The second-order valence-corrected chi connectivity index (χ2v) is 8.90. The molecular formula is C19H19ClN2O5S. The van der Waals surface area contributed by atoms with Crippen LogP contribution in [0.5, 0.6) is 11.5 Å². The van der Waals surface area contributed by atoms with Crippen LogP contribution in [0.4, 0.5) is 5.69 Å². The number of hydrogen-bond donors (Lipinski definition) is 1. The summed E-state index contributed by atoms with van der Waals surface area (Å²) in [5.74, 6) is 0.810. The molecule has 1 atom stereocenters. The lowest BCUT2D eigenvalue weighted by atomic mass is 10.2. The van der Waals surface area contributed by atoms with Crippen molar-refractivity contribution in [2.24, 2.45) is 0 Å². The molecule has 0 saturated carbocycles. The summed E-state index contributed by atoms with van der Waals surface area (Å²) in [6.45, 7) is 1.22. The van der Waals surface area contributed by atoms with Crippen LogP contribution in [0.25, 0.3) is 0 Å². The van der Waals surface area contributed by atoms with Crippen molar-refractivity contribution in [1.29, 1.82) is 0 Å². The molecule has 4 rings (SSSR count). The van der Waals surface area contributed by atoms with E-state index in [4.69, 9.17) is 21.1 Å². The molecule has 2 aliphatic rings. The van der Waals surface area contributed by atoms with Crippen LogP contribution in [0.3, 0.4) is 0 Å². The molecule has 1 amide bonds. The van der Waals surface area contributed by atoms with Gasteiger partial charge < -0.3 is 14.8 Å². The Labute approximate surface area is 168 Å². The summed E-state index contributed by atoms with van der Waals surface area (Å²) in [5.41, 5.74) is 0.532. The quantitative estimate of drug-likeness (QED) is 0.818. The maximum Gasteiger partial charge on any atom is 0.243 e. The van der Waals surface area contributed by atoms with Crippen LogP contribution in [0.2, 0.25) is 5.02 Å². The summed E-state index contributed by atoms with van der Waals surface area (Å²) in [5, 5.41) is 3.25. The molecule has 0 aliphatic carbocycles. The molecule has 9 heteroatoms. The summed E-state index contributed by atoms with van der Waals surface area (Å²) >= 11 is 5.85. The van der Waals surface area contributed by atoms with Crippen molar-refractivity contribution in [3.63, 3.8) is 0 Å². The molecule has 148 valence electrons. The number of rotatable bonds is 4. The number of nitrogens with zero attached hydrogens (tertiary/aromatic N) is 1. The third kappa shape index (κ3) is 3.67. The molecule has 1 fully saturated rings. The van der Waals surface area contributed by atoms with Crippen LogP contribution in [0.15, 0.2) is 47.4 Å². The van der Waals surface area contributed by atoms with E-state index in [1.165, 1.54) is 28.6 Å². The number of halogens is 1. The van der Waals surface area contributed by atoms with Gasteiger partial charge in [-0.15, -0.1) is 0 Å². The Bertz CT molecular complexity index is 994. The van der Waals surface area contributed by atoms with Gasteiger partial charge in [0, 0.05) is 23.3 Å². The third-order valence-corrected chi connectivity index (χ3v) is 6.91. The minimum atomic E-state index is -3.79. The predicted molar refractivity (Wildman–Crippen MR) is 104 cm³/mol. The van der Waals surface area contributed by atoms with Crippen LogP contribution < -0.4 is 14.8 Å². The number of nitrogens with one attached hydrogen (secondary N) is 1. The average Bonchev–Trinajstić information content (AvgIpc) is 3.19. The van der Waals surface area contributed by atoms with Crippen molar-refractivity contribution in [3.05, 3.63) is 47.5 Å². The van der Waals surface area contributed by atoms with Crippen LogP contribution in [-0.4, -0.2) is 44.4 Å². The van der Waals surface area contributed by atoms with E-state index in [0.29, 0.717) is 54.8 Å². The average molecular weight is 423 g/mol. The van der Waals surface area contributed by atoms with E-state index >= 15 is 0 Å². The Morgan fingerprint density at radius 2 is 1.79 bits per heavy atom. The number of sulfonamides is 1. The molecule has 2 heterocycles. The van der Waals surface area contributed by atoms with E-state index in [2.05, 4.69) is 5.32 Å². The second kappa shape index (κ2) is 7.62. The Morgan fingerprint density at radius 3 is 2.54 bits per heavy atom. The number of fused-ring (bicyclic) bond motifs is 1. The fraction of sp³-hybridized carbons (Fsp3) is 0.316. The lowest BCUT2D eigenvalue weighted by Gasteiger charge is -2.24. The normalized spacial score (nSPS) is 19.4. The molecular weight excluding hydrogens is 404 g/mol. The van der Waals surface area contributed by atoms with Gasteiger partial charge in [-0.05, 0) is 49.2 Å². The van der Waals surface area contributed by atoms with E-state index in [-0.39, 0.29) is 10.8 Å². The zero-order chi connectivity index (χ0) is 19.7. The number of anilines is 1. The first-order valence-electron chi connectivity index (χ1n) is 8.93. The van der Waals surface area contributed by atoms with E-state index in [0.717, 1.165) is 0 Å². The molecule has 0 bridgehead atoms. The molecule has 0 radical (unpaired) electrons. The number of amides is 1. The van der Waals surface area contributed by atoms with E-state index < -0.39 is 16.1 Å². The number of benzene rings is 2. The smallest absolute Gasteiger partial charge is 0.243 e. The van der Waals surface area contributed by atoms with Gasteiger partial charge in [0.05, 0.1) is 4.90 Å². The molecule has 28 heavy (non-hydrogen) atoms. The zero-order valence-corrected chi connectivity index (χ0v) is 16.5. The van der Waals surface area contributed by atoms with Gasteiger partial charge in [0.15, 0.2) is 11.5 Å². The first kappa shape index (κ1) is 19.0. The number of carbonyl (C=O) groups excluding carboxylic acids is 1. The van der Waals surface area contributed by atoms with Crippen LogP contribution in [0, 0.1) is 0 Å². The largest absolute Gasteiger partial charge is 0.486 e. The SMILES string of the molecule is O=C(Nc1ccc2c(c1)OCCO2)[C@H]1CCCN1S(=O)(=O)c1ccc(Cl)cc1. The van der Waals surface area contributed by atoms with Gasteiger partial charge in [-0.25, -0.2) is 8.42 Å². The van der Waals surface area contributed by atoms with E-state index in [1.807, 2.05) is 0 Å². The lowest BCUT2D eigenvalue weighted by Crippen LogP contribution is -2.43. The highest BCUT2D eigenvalue weighted by molar-refractivity contribution is 7.89. The number of ether oxygens (including phenoxy) is 2. The van der Waals surface area contributed by atoms with Crippen LogP contribution >= 0.6 is 11.6 Å². The predicted octanol–water partition coefficient (Wildman–Crippen LogP) is 2.90. The number of carbonyl (C=O) groups is 1. The van der Waals surface area contributed by atoms with Crippen molar-refractivity contribution in [3.8, 4) is 11.5 Å². The zero-order valence-electron chi connectivity index (χ0n) is 14.9. The first-order valence-corrected chi connectivity index (χ1v) is 10.7. The topological polar surface area (TPSA) is 84.9 Å². The van der Waals surface area contributed by atoms with E-state index in [1.54, 1.807) is 18.2 Å². The maximum absolute atomic E-state index is 13.0. The molecule has 1 N–H and O–H groups in total. The maximum atomic E-state index is 13.0. The molecule has 1 saturated heterocycles. The summed E-state index contributed by atoms with van der Waals surface area (Å²) in [7, 11) is -3.79. The highest BCUT2D eigenvalue weighted by atomic mass is 35.5. The van der Waals surface area contributed by atoms with Gasteiger partial charge in [0.2, 0.25) is 15.9 Å². The first-order chi connectivity index (χ1) is 13.4. The summed E-state index contributed by atoms with van der Waals surface area (Å²) in [6, 6.07) is 10.3. The lowest BCUT2D eigenvalue weighted by molar-refractivity contribution is -0.119. The second-order valence-electron chi connectivity index (χ2n) is 6.58. The molecule has 2 aliphatic heterocycles. The Kier molecular flexibility index (Phi) is 5.18. The van der Waals surface area contributed by atoms with Gasteiger partial charge in [-0.1, -0.05) is 11.6 Å². The van der Waals surface area contributed by atoms with Gasteiger partial charge in [-0.3, -0.25) is 4.79 Å². The van der Waals surface area contributed by atoms with Crippen molar-refractivity contribution in [2.75, 3.05) is 25.1 Å². The van der Waals surface area contributed by atoms with Crippen molar-refractivity contribution >= 4 is 33.2 Å². The standard InChI is InChI=1S/C19H19ClN2O5S/c20-13-3-6-15(7-4-13)28(24,25)22-9-1-2-16(22)19(23)21-14-5-8-17-18(12-14)27-11-10-26-17/h3-8,12,16H,1-2,9-11H2,(H,21,23)/t16-/m1/s1. The van der Waals surface area contributed by atoms with Crippen LogP contribution in [-0.2, 0) is 14.8 Å². The molecule has 0 spiro atoms. The minimum Gasteiger partial charge on any atom is -0.486 e. The Hall–Kier alpha value is -2.29. The van der Waals surface area contributed by atoms with Gasteiger partial charge in [0.1, 0.15) is 19.3 Å². The monoisotopic (exact) mass is 422 g/mol. The van der Waals surface area contributed by atoms with E-state index in [9.17, 15) is 13.2 Å². The van der Waals surface area contributed by atoms with Crippen molar-refractivity contribution < 1.29 is 22.7 Å². The molecule has 0 unspecified atom stereocenters. The summed E-state index contributed by atoms with van der Waals surface area (Å²) < 4.78 is 38.2. The van der Waals surface area contributed by atoms with Crippen molar-refractivity contribution in [1.82, 2.24) is 4.31 Å². The molecule has 7 nitrogen and oxygen atoms in total. The van der Waals surface area contributed by atoms with Gasteiger partial charge in [0.25, 0.3) is 0 Å². The molecule has 2 aromatic rings. The fourth-order valence-electron chi connectivity index (χ4n) is 3.38. The Morgan fingerprint density at radius 1 is 1.07 bits per heavy atom. The fourth-order valence-corrected chi connectivity index (χ4v) is 5.16. The molecule has 0 aromatic heterocycles. The van der Waals surface area contributed by atoms with Crippen molar-refractivity contribution in [2.45, 2.75) is 23.8 Å². The third-order valence-electron chi connectivity index (χ3n) is 4.74. The Balaban J connectivity index is 1.53. The highest BCUT2D eigenvalue weighted by Gasteiger charge is 2.39. The summed E-state index contributed by atoms with van der Waals surface area (Å²) in [6.07, 6.45) is 1.08. The number of hydrogen-bond acceptors (Lipinski definition) is 5.